The number of rotatable bonds is 75. The van der Waals surface area contributed by atoms with Crippen molar-refractivity contribution in [3.63, 3.8) is 0 Å². The first-order valence-corrected chi connectivity index (χ1v) is 46.2. The highest BCUT2D eigenvalue weighted by molar-refractivity contribution is 7.40. The minimum atomic E-state index is -5.39. The summed E-state index contributed by atoms with van der Waals surface area (Å²) >= 11 is 0. The fraction of sp³-hybridized carbons (Fsp3) is 0.933. The summed E-state index contributed by atoms with van der Waals surface area (Å²) in [6.07, 6.45) is 91.4. The standard InChI is InChI=1S/3C30H62N.H3O4P/c3*1-6-11-14-17-20-23-27-31(30(10-5)26-9-4,28-24-21-18-15-12-7-2)29-25-22-19-16-13-8-3;1-5(2,3)4/h3*10,30H,5-9,11-29H2,1-4H3;(H3,1,2,3,4)/q3*+1;/p-3. The van der Waals surface area contributed by atoms with Gasteiger partial charge in [-0.15, -0.1) is 0 Å². The van der Waals surface area contributed by atoms with Gasteiger partial charge in [-0.3, -0.25) is 0 Å². The Morgan fingerprint density at radius 3 is 0.408 bits per heavy atom. The van der Waals surface area contributed by atoms with Crippen LogP contribution in [0.3, 0.4) is 0 Å². The van der Waals surface area contributed by atoms with Crippen LogP contribution >= 0.6 is 7.82 Å². The van der Waals surface area contributed by atoms with Gasteiger partial charge in [-0.05, 0) is 134 Å². The third-order valence-corrected chi connectivity index (χ3v) is 22.3. The molecule has 3 unspecified atom stereocenters. The Morgan fingerprint density at radius 2 is 0.316 bits per heavy atom. The third-order valence-electron chi connectivity index (χ3n) is 22.3. The van der Waals surface area contributed by atoms with Gasteiger partial charge in [0.2, 0.25) is 0 Å². The van der Waals surface area contributed by atoms with Crippen molar-refractivity contribution in [3.8, 4) is 0 Å². The molecular formula is C90H186N3O4P. The van der Waals surface area contributed by atoms with Gasteiger partial charge in [0, 0.05) is 19.3 Å². The van der Waals surface area contributed by atoms with Gasteiger partial charge in [0.15, 0.2) is 0 Å². The number of hydrogen-bond acceptors (Lipinski definition) is 4. The fourth-order valence-corrected chi connectivity index (χ4v) is 16.1. The maximum Gasteiger partial charge on any atom is 0.107 e. The van der Waals surface area contributed by atoms with Crippen LogP contribution in [0.1, 0.15) is 468 Å². The molecule has 0 aromatic rings. The van der Waals surface area contributed by atoms with Gasteiger partial charge in [0.1, 0.15) is 18.1 Å². The molecule has 0 aromatic carbocycles. The second kappa shape index (κ2) is 80.3. The summed E-state index contributed by atoms with van der Waals surface area (Å²) in [7, 11) is -5.39. The molecule has 0 N–H and O–H groups in total. The molecule has 0 rings (SSSR count). The fourth-order valence-electron chi connectivity index (χ4n) is 16.1. The van der Waals surface area contributed by atoms with E-state index in [1.54, 1.807) is 0 Å². The zero-order valence-corrected chi connectivity index (χ0v) is 70.7. The maximum absolute atomic E-state index is 8.55. The SMILES string of the molecule is C=CC(CCC)[N+](CCCCCCCC)(CCCCCCCC)CCCCCCCC.C=CC(CCC)[N+](CCCCCCCC)(CCCCCCCC)CCCCCCCC.C=CC(CCC)[N+](CCCCCCCC)(CCCCCCCC)CCCCCCCC.O=P([O-])([O-])[O-]. The van der Waals surface area contributed by atoms with Gasteiger partial charge >= 0.3 is 0 Å². The van der Waals surface area contributed by atoms with Gasteiger partial charge in [0.25, 0.3) is 0 Å². The molecule has 0 fully saturated rings. The van der Waals surface area contributed by atoms with Crippen LogP contribution in [-0.2, 0) is 4.57 Å². The summed E-state index contributed by atoms with van der Waals surface area (Å²) in [5.74, 6) is 0. The molecule has 98 heavy (non-hydrogen) atoms. The lowest BCUT2D eigenvalue weighted by atomic mass is 10.0. The van der Waals surface area contributed by atoms with Crippen molar-refractivity contribution >= 4 is 7.82 Å². The molecule has 0 aliphatic heterocycles. The molecule has 7 nitrogen and oxygen atoms in total. The van der Waals surface area contributed by atoms with Crippen LogP contribution in [0.2, 0.25) is 0 Å². The lowest BCUT2D eigenvalue weighted by Gasteiger charge is -2.45. The lowest BCUT2D eigenvalue weighted by molar-refractivity contribution is -0.946. The van der Waals surface area contributed by atoms with Crippen LogP contribution in [0, 0.1) is 0 Å². The molecule has 0 aliphatic carbocycles. The summed E-state index contributed by atoms with van der Waals surface area (Å²) in [5, 5.41) is 0. The summed E-state index contributed by atoms with van der Waals surface area (Å²) in [6.45, 7) is 53.6. The van der Waals surface area contributed by atoms with E-state index in [2.05, 4.69) is 121 Å². The third kappa shape index (κ3) is 65.9. The van der Waals surface area contributed by atoms with E-state index in [1.807, 2.05) is 0 Å². The summed E-state index contributed by atoms with van der Waals surface area (Å²) in [5.41, 5.74) is 0. The van der Waals surface area contributed by atoms with Crippen LogP contribution in [-0.4, -0.2) is 90.5 Å². The number of hydrogen-bond donors (Lipinski definition) is 0. The largest absolute Gasteiger partial charge is 0.822 e. The molecule has 8 heteroatoms. The zero-order valence-electron chi connectivity index (χ0n) is 69.8. The van der Waals surface area contributed by atoms with Gasteiger partial charge in [-0.1, -0.05) is 353 Å². The second-order valence-corrected chi connectivity index (χ2v) is 32.2. The van der Waals surface area contributed by atoms with Gasteiger partial charge in [-0.25, -0.2) is 0 Å². The molecule has 0 heterocycles. The average Bonchev–Trinajstić information content (AvgIpc) is 0.852. The van der Waals surface area contributed by atoms with E-state index in [9.17, 15) is 0 Å². The highest BCUT2D eigenvalue weighted by atomic mass is 31.2. The minimum absolute atomic E-state index is 0.673. The Balaban J connectivity index is -0.000000652. The topological polar surface area (TPSA) is 86.2 Å². The molecule has 0 bridgehead atoms. The first-order chi connectivity index (χ1) is 47.6. The molecule has 0 radical (unpaired) electrons. The molecular weight excluding hydrogens is 1220 g/mol. The van der Waals surface area contributed by atoms with Crippen molar-refractivity contribution in [3.05, 3.63) is 38.0 Å². The Kier molecular flexibility index (Phi) is 84.9. The Hall–Kier alpha value is -0.790. The van der Waals surface area contributed by atoms with Crippen molar-refractivity contribution in [2.75, 3.05) is 58.9 Å². The molecule has 0 spiro atoms. The van der Waals surface area contributed by atoms with E-state index < -0.39 is 7.82 Å². The Bertz CT molecular complexity index is 1300. The molecule has 0 aliphatic rings. The molecule has 3 atom stereocenters. The summed E-state index contributed by atoms with van der Waals surface area (Å²) in [6, 6.07) is 2.02. The lowest BCUT2D eigenvalue weighted by Crippen LogP contribution is -2.56. The van der Waals surface area contributed by atoms with E-state index in [0.717, 1.165) is 0 Å². The van der Waals surface area contributed by atoms with E-state index in [4.69, 9.17) is 19.2 Å². The monoisotopic (exact) mass is 1400 g/mol. The Labute approximate surface area is 620 Å². The van der Waals surface area contributed by atoms with E-state index in [-0.39, 0.29) is 0 Å². The van der Waals surface area contributed by atoms with E-state index in [0.29, 0.717) is 18.1 Å². The van der Waals surface area contributed by atoms with Crippen molar-refractivity contribution < 1.29 is 32.7 Å². The first-order valence-electron chi connectivity index (χ1n) is 44.8. The van der Waals surface area contributed by atoms with E-state index >= 15 is 0 Å². The number of quaternary nitrogens is 3. The zero-order chi connectivity index (χ0) is 73.6. The van der Waals surface area contributed by atoms with Crippen molar-refractivity contribution in [2.45, 2.75) is 486 Å². The highest BCUT2D eigenvalue weighted by Crippen LogP contribution is 2.30. The predicted molar refractivity (Wildman–Crippen MR) is 439 cm³/mol. The molecule has 0 amide bonds. The molecule has 0 saturated heterocycles. The van der Waals surface area contributed by atoms with Crippen molar-refractivity contribution in [1.82, 2.24) is 0 Å². The normalized spacial score (nSPS) is 12.8. The van der Waals surface area contributed by atoms with Crippen LogP contribution in [0.25, 0.3) is 0 Å². The average molecular weight is 1410 g/mol. The van der Waals surface area contributed by atoms with Gasteiger partial charge < -0.3 is 32.7 Å². The van der Waals surface area contributed by atoms with Gasteiger partial charge in [-0.2, -0.15) is 7.82 Å². The summed E-state index contributed by atoms with van der Waals surface area (Å²) < 4.78 is 12.6. The smallest absolute Gasteiger partial charge is 0.107 e. The van der Waals surface area contributed by atoms with Crippen LogP contribution in [0.4, 0.5) is 0 Å². The number of phosphoric acid groups is 1. The van der Waals surface area contributed by atoms with Crippen LogP contribution in [0.5, 0.6) is 0 Å². The highest BCUT2D eigenvalue weighted by Gasteiger charge is 2.36. The minimum Gasteiger partial charge on any atom is -0.822 e. The molecule has 590 valence electrons. The van der Waals surface area contributed by atoms with Crippen LogP contribution in [0.15, 0.2) is 38.0 Å². The molecule has 0 saturated carbocycles. The van der Waals surface area contributed by atoms with Crippen LogP contribution < -0.4 is 14.7 Å². The van der Waals surface area contributed by atoms with E-state index in [1.165, 1.54) is 458 Å². The Morgan fingerprint density at radius 1 is 0.214 bits per heavy atom. The van der Waals surface area contributed by atoms with Crippen molar-refractivity contribution in [2.24, 2.45) is 0 Å². The predicted octanol–water partition coefficient (Wildman–Crippen LogP) is 27.9. The van der Waals surface area contributed by atoms with Gasteiger partial charge in [0.05, 0.1) is 58.9 Å². The quantitative estimate of drug-likeness (QED) is 0.0263. The number of nitrogens with zero attached hydrogens (tertiary/aromatic N) is 3. The number of unbranched alkanes of at least 4 members (excludes halogenated alkanes) is 45. The second-order valence-electron chi connectivity index (χ2n) is 31.3. The van der Waals surface area contributed by atoms with Crippen molar-refractivity contribution in [1.29, 1.82) is 0 Å². The molecule has 0 aromatic heterocycles. The summed E-state index contributed by atoms with van der Waals surface area (Å²) in [4.78, 5) is 25.6. The maximum atomic E-state index is 8.55. The first kappa shape index (κ1) is 104.